The van der Waals surface area contributed by atoms with Crippen molar-refractivity contribution in [2.24, 2.45) is 0 Å². The predicted molar refractivity (Wildman–Crippen MR) is 33.7 cm³/mol. The summed E-state index contributed by atoms with van der Waals surface area (Å²) in [6.07, 6.45) is 0. The summed E-state index contributed by atoms with van der Waals surface area (Å²) in [7, 11) is -0.861. The quantitative estimate of drug-likeness (QED) is 0.468. The van der Waals surface area contributed by atoms with E-state index in [1.807, 2.05) is 0 Å². The lowest BCUT2D eigenvalue weighted by molar-refractivity contribution is 1.78. The highest BCUT2D eigenvalue weighted by molar-refractivity contribution is 6.77. The van der Waals surface area contributed by atoms with Gasteiger partial charge in [0.25, 0.3) is 0 Å². The zero-order valence-corrected chi connectivity index (χ0v) is 5.91. The van der Waals surface area contributed by atoms with E-state index < -0.39 is 8.07 Å². The van der Waals surface area contributed by atoms with Gasteiger partial charge in [-0.25, -0.2) is 0 Å². The first-order chi connectivity index (χ1) is 2.00. The third-order valence-electron chi connectivity index (χ3n) is 0. The van der Waals surface area contributed by atoms with Crippen LogP contribution in [-0.4, -0.2) is 8.07 Å². The van der Waals surface area contributed by atoms with E-state index in [0.717, 1.165) is 0 Å². The van der Waals surface area contributed by atoms with E-state index in [1.165, 1.54) is 0 Å². The van der Waals surface area contributed by atoms with Crippen LogP contribution in [0.25, 0.3) is 0 Å². The lowest BCUT2D eigenvalue weighted by Gasteiger charge is -2.01. The molecule has 0 aliphatic carbocycles. The summed E-state index contributed by atoms with van der Waals surface area (Å²) in [4.78, 5) is 0. The predicted octanol–water partition coefficient (Wildman–Crippen LogP) is 1.86. The van der Waals surface area contributed by atoms with Gasteiger partial charge in [0.2, 0.25) is 0 Å². The Morgan fingerprint density at radius 2 is 1.17 bits per heavy atom. The Balaban J connectivity index is 0. The molecule has 0 saturated heterocycles. The molecule has 0 amide bonds. The summed E-state index contributed by atoms with van der Waals surface area (Å²) in [5, 5.41) is 0. The van der Waals surface area contributed by atoms with Crippen molar-refractivity contribution in [1.82, 2.24) is 6.15 Å². The zero-order valence-electron chi connectivity index (χ0n) is 4.91. The van der Waals surface area contributed by atoms with Crippen LogP contribution in [0.5, 0.6) is 0 Å². The van der Waals surface area contributed by atoms with Gasteiger partial charge in [-0.2, -0.15) is 0 Å². The van der Waals surface area contributed by atoms with Crippen LogP contribution in [-0.2, 0) is 0 Å². The summed E-state index contributed by atoms with van der Waals surface area (Å²) in [6.45, 7) is 10.6. The minimum atomic E-state index is -0.861. The lowest BCUT2D eigenvalue weighted by Crippen LogP contribution is -2.12. The van der Waals surface area contributed by atoms with Crippen molar-refractivity contribution in [2.45, 2.75) is 19.6 Å². The maximum atomic E-state index is 3.91. The van der Waals surface area contributed by atoms with Gasteiger partial charge in [-0.3, -0.25) is 0 Å². The molecule has 0 fully saturated rings. The van der Waals surface area contributed by atoms with Crippen molar-refractivity contribution < 1.29 is 0 Å². The summed E-state index contributed by atoms with van der Waals surface area (Å²) < 4.78 is 0. The Bertz CT molecular complexity index is 23.0. The molecule has 1 nitrogen and oxygen atoms in total. The lowest BCUT2D eigenvalue weighted by atomic mass is 11.8. The molecule has 0 aromatic carbocycles. The molecule has 0 heterocycles. The molecular formula is C4H14NSi. The highest BCUT2D eigenvalue weighted by Gasteiger charge is 1.99. The molecule has 0 aromatic heterocycles. The summed E-state index contributed by atoms with van der Waals surface area (Å²) >= 11 is 0. The van der Waals surface area contributed by atoms with E-state index in [-0.39, 0.29) is 6.15 Å². The summed E-state index contributed by atoms with van der Waals surface area (Å²) in [5.41, 5.74) is 0. The van der Waals surface area contributed by atoms with Gasteiger partial charge in [-0.05, 0) is 0 Å². The van der Waals surface area contributed by atoms with Crippen LogP contribution in [0.15, 0.2) is 0 Å². The van der Waals surface area contributed by atoms with E-state index in [1.54, 1.807) is 0 Å². The minimum absolute atomic E-state index is 0. The largest absolute Gasteiger partial charge is 0.344 e. The molecule has 6 heavy (non-hydrogen) atoms. The third-order valence-corrected chi connectivity index (χ3v) is 0. The molecule has 0 aliphatic rings. The molecular weight excluding hydrogens is 90.1 g/mol. The van der Waals surface area contributed by atoms with Gasteiger partial charge in [-0.15, -0.1) is 0 Å². The third kappa shape index (κ3) is 1350. The van der Waals surface area contributed by atoms with E-state index >= 15 is 0 Å². The fraction of sp³-hybridized carbons (Fsp3) is 0.750. The molecule has 2 heteroatoms. The van der Waals surface area contributed by atoms with Crippen molar-refractivity contribution in [1.29, 1.82) is 0 Å². The van der Waals surface area contributed by atoms with Gasteiger partial charge < -0.3 is 6.15 Å². The van der Waals surface area contributed by atoms with Crippen molar-refractivity contribution in [3.8, 4) is 0 Å². The van der Waals surface area contributed by atoms with Gasteiger partial charge in [0.1, 0.15) is 0 Å². The van der Waals surface area contributed by atoms with Gasteiger partial charge in [0.05, 0.1) is 0 Å². The Labute approximate surface area is 41.4 Å². The molecule has 39 valence electrons. The highest BCUT2D eigenvalue weighted by Crippen LogP contribution is 1.92. The fourth-order valence-electron chi connectivity index (χ4n) is 0. The second-order valence-corrected chi connectivity index (χ2v) is 7.68. The molecule has 3 N–H and O–H groups in total. The Kier molecular flexibility index (Phi) is 3.74. The van der Waals surface area contributed by atoms with Crippen molar-refractivity contribution >= 4 is 8.07 Å². The molecule has 0 unspecified atom stereocenters. The number of rotatable bonds is 0. The van der Waals surface area contributed by atoms with Crippen molar-refractivity contribution in [2.75, 3.05) is 0 Å². The first-order valence-electron chi connectivity index (χ1n) is 1.85. The van der Waals surface area contributed by atoms with Crippen molar-refractivity contribution in [3.63, 3.8) is 0 Å². The molecule has 0 rings (SSSR count). The van der Waals surface area contributed by atoms with Crippen LogP contribution < -0.4 is 6.15 Å². The Morgan fingerprint density at radius 3 is 1.17 bits per heavy atom. The number of hydrogen-bond acceptors (Lipinski definition) is 1. The average Bonchev–Trinajstić information content (AvgIpc) is 0.722. The molecule has 0 spiro atoms. The van der Waals surface area contributed by atoms with Gasteiger partial charge in [0.15, 0.2) is 0 Å². The molecule has 0 bridgehead atoms. The average molecular weight is 104 g/mol. The van der Waals surface area contributed by atoms with Crippen LogP contribution in [0, 0.1) is 6.55 Å². The minimum Gasteiger partial charge on any atom is -0.344 e. The first kappa shape index (κ1) is 9.49. The van der Waals surface area contributed by atoms with Crippen molar-refractivity contribution in [3.05, 3.63) is 6.55 Å². The van der Waals surface area contributed by atoms with E-state index in [9.17, 15) is 0 Å². The summed E-state index contributed by atoms with van der Waals surface area (Å²) in [5.74, 6) is 0. The normalized spacial score (nSPS) is 10.0. The maximum Gasteiger partial charge on any atom is 0.0439 e. The van der Waals surface area contributed by atoms with Crippen LogP contribution >= 0.6 is 0 Å². The maximum absolute atomic E-state index is 3.91. The fourth-order valence-corrected chi connectivity index (χ4v) is 0. The smallest absolute Gasteiger partial charge is 0.0439 e. The topological polar surface area (TPSA) is 35.0 Å². The SMILES string of the molecule is N.[CH2][Si](C)(C)C. The first-order valence-corrected chi connectivity index (χ1v) is 5.56. The second kappa shape index (κ2) is 2.37. The zero-order chi connectivity index (χ0) is 4.50. The van der Waals surface area contributed by atoms with Crippen LogP contribution in [0.3, 0.4) is 0 Å². The number of hydrogen-bond donors (Lipinski definition) is 1. The molecule has 1 radical (unpaired) electrons. The van der Waals surface area contributed by atoms with Gasteiger partial charge in [0, 0.05) is 8.07 Å². The standard InChI is InChI=1S/C4H11Si.H3N/c1-5(2,3)4;/h1H2,2-4H3;1H3. The Morgan fingerprint density at radius 1 is 1.17 bits per heavy atom. The summed E-state index contributed by atoms with van der Waals surface area (Å²) in [6, 6.07) is 0. The van der Waals surface area contributed by atoms with Gasteiger partial charge >= 0.3 is 0 Å². The van der Waals surface area contributed by atoms with E-state index in [0.29, 0.717) is 0 Å². The monoisotopic (exact) mass is 104 g/mol. The molecule has 0 saturated carbocycles. The van der Waals surface area contributed by atoms with Crippen LogP contribution in [0.2, 0.25) is 19.6 Å². The van der Waals surface area contributed by atoms with Gasteiger partial charge in [-0.1, -0.05) is 26.2 Å². The Hall–Kier alpha value is 0.177. The van der Waals surface area contributed by atoms with Crippen LogP contribution in [0.1, 0.15) is 0 Å². The molecule has 0 aliphatic heterocycles. The van der Waals surface area contributed by atoms with E-state index in [2.05, 4.69) is 26.2 Å². The highest BCUT2D eigenvalue weighted by atomic mass is 28.3. The molecule has 0 aromatic rings. The van der Waals surface area contributed by atoms with E-state index in [4.69, 9.17) is 0 Å². The molecule has 0 atom stereocenters. The second-order valence-electron chi connectivity index (χ2n) is 2.56. The van der Waals surface area contributed by atoms with Crippen LogP contribution in [0.4, 0.5) is 0 Å².